The molecule has 0 radical (unpaired) electrons. The van der Waals surface area contributed by atoms with Gasteiger partial charge in [0.05, 0.1) is 0 Å². The fourth-order valence-corrected chi connectivity index (χ4v) is 6.35. The Labute approximate surface area is 228 Å². The second-order valence-electron chi connectivity index (χ2n) is 10.9. The number of carbonyl (C=O) groups excluding carboxylic acids is 2. The van der Waals surface area contributed by atoms with E-state index in [1.807, 2.05) is 36.4 Å². The van der Waals surface area contributed by atoms with E-state index in [-0.39, 0.29) is 29.5 Å². The first-order valence-electron chi connectivity index (χ1n) is 14.1. The number of halogens is 1. The molecule has 39 heavy (non-hydrogen) atoms. The van der Waals surface area contributed by atoms with Crippen LogP contribution < -0.4 is 0 Å². The molecule has 2 saturated heterocycles. The largest absolute Gasteiger partial charge is 0.350 e. The molecule has 6 heteroatoms. The van der Waals surface area contributed by atoms with E-state index in [4.69, 9.17) is 0 Å². The minimum atomic E-state index is -0.318. The normalized spacial score (nSPS) is 18.6. The predicted molar refractivity (Wildman–Crippen MR) is 152 cm³/mol. The molecule has 0 saturated carbocycles. The van der Waals surface area contributed by atoms with E-state index >= 15 is 0 Å². The van der Waals surface area contributed by atoms with Crippen molar-refractivity contribution in [3.8, 4) is 11.1 Å². The van der Waals surface area contributed by atoms with E-state index in [0.29, 0.717) is 11.3 Å². The van der Waals surface area contributed by atoms with Crippen molar-refractivity contribution in [2.45, 2.75) is 38.1 Å². The highest BCUT2D eigenvalue weighted by molar-refractivity contribution is 6.09. The molecule has 1 aromatic heterocycles. The zero-order chi connectivity index (χ0) is 26.8. The van der Waals surface area contributed by atoms with Crippen molar-refractivity contribution >= 4 is 22.6 Å². The van der Waals surface area contributed by atoms with Crippen molar-refractivity contribution in [2.24, 2.45) is 5.92 Å². The van der Waals surface area contributed by atoms with Crippen LogP contribution in [0.4, 0.5) is 4.39 Å². The minimum absolute atomic E-state index is 0.00492. The maximum Gasteiger partial charge on any atom is 0.271 e. The molecule has 5 nitrogen and oxygen atoms in total. The van der Waals surface area contributed by atoms with Crippen LogP contribution in [0.25, 0.3) is 22.0 Å². The first-order chi connectivity index (χ1) is 19.1. The molecule has 2 fully saturated rings. The Hall–Kier alpha value is -3.77. The monoisotopic (exact) mass is 523 g/mol. The van der Waals surface area contributed by atoms with Gasteiger partial charge in [-0.15, -0.1) is 0 Å². The van der Waals surface area contributed by atoms with E-state index in [9.17, 15) is 14.0 Å². The van der Waals surface area contributed by atoms with Crippen LogP contribution in [-0.2, 0) is 0 Å². The number of fused-ring (bicyclic) bond motifs is 1. The summed E-state index contributed by atoms with van der Waals surface area (Å²) < 4.78 is 13.2. The Balaban J connectivity index is 1.11. The zero-order valence-corrected chi connectivity index (χ0v) is 22.1. The molecule has 3 aromatic carbocycles. The molecule has 0 bridgehead atoms. The van der Waals surface area contributed by atoms with E-state index in [1.165, 1.54) is 12.1 Å². The number of aromatic nitrogens is 1. The molecule has 200 valence electrons. The number of nitrogens with zero attached hydrogens (tertiary/aromatic N) is 2. The number of ketones is 1. The summed E-state index contributed by atoms with van der Waals surface area (Å²) in [5.41, 5.74) is 4.28. The fraction of sp³-hybridized carbons (Fsp3) is 0.333. The quantitative estimate of drug-likeness (QED) is 0.279. The Kier molecular flexibility index (Phi) is 7.29. The van der Waals surface area contributed by atoms with E-state index in [1.54, 1.807) is 12.1 Å². The molecule has 0 aliphatic carbocycles. The molecule has 2 aliphatic heterocycles. The molecule has 6 rings (SSSR count). The molecule has 2 aliphatic rings. The summed E-state index contributed by atoms with van der Waals surface area (Å²) in [6.07, 6.45) is 4.61. The molecule has 1 N–H and O–H groups in total. The first-order valence-corrected chi connectivity index (χ1v) is 14.1. The lowest BCUT2D eigenvalue weighted by molar-refractivity contribution is 0.0701. The number of amides is 1. The molecule has 1 atom stereocenters. The third kappa shape index (κ3) is 5.26. The standard InChI is InChI=1S/C33H34FN3O2/c34-26-14-12-24(13-15-26)32(38)25-16-20-36(21-17-25)22-18-27-9-6-19-37(27)33(39)31-30(23-7-2-1-3-8-23)28-10-4-5-11-29(28)35-31/h1-5,7-8,10-15,25,27,35H,6,9,16-22H2/t27-/m0/s1. The number of likely N-dealkylation sites (tertiary alicyclic amines) is 2. The van der Waals surface area contributed by atoms with Gasteiger partial charge in [0, 0.05) is 47.1 Å². The molecular formula is C33H34FN3O2. The van der Waals surface area contributed by atoms with Crippen molar-refractivity contribution < 1.29 is 14.0 Å². The lowest BCUT2D eigenvalue weighted by atomic mass is 9.88. The van der Waals surface area contributed by atoms with Crippen LogP contribution in [0, 0.1) is 11.7 Å². The number of rotatable bonds is 7. The van der Waals surface area contributed by atoms with Gasteiger partial charge in [-0.1, -0.05) is 48.5 Å². The van der Waals surface area contributed by atoms with Gasteiger partial charge in [-0.2, -0.15) is 0 Å². The van der Waals surface area contributed by atoms with Crippen molar-refractivity contribution in [3.05, 3.63) is 95.9 Å². The maximum atomic E-state index is 14.0. The average Bonchev–Trinajstić information content (AvgIpc) is 3.61. The van der Waals surface area contributed by atoms with Crippen molar-refractivity contribution in [2.75, 3.05) is 26.2 Å². The topological polar surface area (TPSA) is 56.4 Å². The lowest BCUT2D eigenvalue weighted by Gasteiger charge is -2.33. The van der Waals surface area contributed by atoms with Crippen LogP contribution >= 0.6 is 0 Å². The van der Waals surface area contributed by atoms with Crippen molar-refractivity contribution in [1.82, 2.24) is 14.8 Å². The van der Waals surface area contributed by atoms with Crippen molar-refractivity contribution in [1.29, 1.82) is 0 Å². The Morgan fingerprint density at radius 3 is 2.33 bits per heavy atom. The highest BCUT2D eigenvalue weighted by Gasteiger charge is 2.33. The number of nitrogens with one attached hydrogen (secondary N) is 1. The van der Waals surface area contributed by atoms with Gasteiger partial charge < -0.3 is 14.8 Å². The second-order valence-corrected chi connectivity index (χ2v) is 10.9. The van der Waals surface area contributed by atoms with Crippen LogP contribution in [0.1, 0.15) is 53.0 Å². The summed E-state index contributed by atoms with van der Waals surface area (Å²) in [7, 11) is 0. The Morgan fingerprint density at radius 2 is 1.56 bits per heavy atom. The average molecular weight is 524 g/mol. The number of hydrogen-bond acceptors (Lipinski definition) is 3. The molecule has 3 heterocycles. The van der Waals surface area contributed by atoms with Gasteiger partial charge in [0.25, 0.3) is 5.91 Å². The van der Waals surface area contributed by atoms with Gasteiger partial charge in [-0.05, 0) is 81.1 Å². The summed E-state index contributed by atoms with van der Waals surface area (Å²) in [4.78, 5) is 34.7. The van der Waals surface area contributed by atoms with Crippen LogP contribution in [0.2, 0.25) is 0 Å². The van der Waals surface area contributed by atoms with Gasteiger partial charge in [0.15, 0.2) is 5.78 Å². The summed E-state index contributed by atoms with van der Waals surface area (Å²) in [5.74, 6) is -0.123. The van der Waals surface area contributed by atoms with Gasteiger partial charge in [0.1, 0.15) is 11.5 Å². The van der Waals surface area contributed by atoms with E-state index < -0.39 is 0 Å². The van der Waals surface area contributed by atoms with E-state index in [2.05, 4.69) is 33.0 Å². The molecule has 1 amide bonds. The summed E-state index contributed by atoms with van der Waals surface area (Å²) in [5, 5.41) is 1.07. The van der Waals surface area contributed by atoms with Crippen LogP contribution in [0.3, 0.4) is 0 Å². The van der Waals surface area contributed by atoms with Gasteiger partial charge >= 0.3 is 0 Å². The number of piperidine rings is 1. The predicted octanol–water partition coefficient (Wildman–Crippen LogP) is 6.56. The third-order valence-corrected chi connectivity index (χ3v) is 8.49. The Bertz CT molecular complexity index is 1460. The number of benzene rings is 3. The maximum absolute atomic E-state index is 14.0. The molecule has 0 unspecified atom stereocenters. The second kappa shape index (κ2) is 11.1. The van der Waals surface area contributed by atoms with E-state index in [0.717, 1.165) is 80.3 Å². The number of H-pyrrole nitrogens is 1. The smallest absolute Gasteiger partial charge is 0.271 e. The van der Waals surface area contributed by atoms with Gasteiger partial charge in [0.2, 0.25) is 0 Å². The Morgan fingerprint density at radius 1 is 0.846 bits per heavy atom. The highest BCUT2D eigenvalue weighted by atomic mass is 19.1. The number of para-hydroxylation sites is 1. The van der Waals surface area contributed by atoms with Gasteiger partial charge in [-0.25, -0.2) is 4.39 Å². The van der Waals surface area contributed by atoms with Crippen LogP contribution in [0.5, 0.6) is 0 Å². The van der Waals surface area contributed by atoms with Crippen LogP contribution in [-0.4, -0.2) is 58.7 Å². The fourth-order valence-electron chi connectivity index (χ4n) is 6.35. The van der Waals surface area contributed by atoms with Gasteiger partial charge in [-0.3, -0.25) is 9.59 Å². The lowest BCUT2D eigenvalue weighted by Crippen LogP contribution is -2.41. The number of carbonyl (C=O) groups is 2. The third-order valence-electron chi connectivity index (χ3n) is 8.49. The first kappa shape index (κ1) is 25.5. The van der Waals surface area contributed by atoms with Crippen LogP contribution in [0.15, 0.2) is 78.9 Å². The number of hydrogen-bond donors (Lipinski definition) is 1. The summed E-state index contributed by atoms with van der Waals surface area (Å²) >= 11 is 0. The summed E-state index contributed by atoms with van der Waals surface area (Å²) in [6, 6.07) is 24.4. The zero-order valence-electron chi connectivity index (χ0n) is 22.1. The summed E-state index contributed by atoms with van der Waals surface area (Å²) in [6.45, 7) is 3.45. The molecular weight excluding hydrogens is 489 g/mol. The molecule has 0 spiro atoms. The number of aromatic amines is 1. The number of Topliss-reactive ketones (excluding diaryl/α,β-unsaturated/α-hetero) is 1. The SMILES string of the molecule is O=C(c1ccc(F)cc1)C1CCN(CC[C@@H]2CCCN2C(=O)c2[nH]c3ccccc3c2-c2ccccc2)CC1. The molecule has 4 aromatic rings. The highest BCUT2D eigenvalue weighted by Crippen LogP contribution is 2.35. The van der Waals surface area contributed by atoms with Crippen molar-refractivity contribution in [3.63, 3.8) is 0 Å². The minimum Gasteiger partial charge on any atom is -0.350 e.